The lowest BCUT2D eigenvalue weighted by Crippen LogP contribution is -2.17. The molecule has 5 rings (SSSR count). The van der Waals surface area contributed by atoms with Gasteiger partial charge in [0.25, 0.3) is 5.56 Å². The predicted molar refractivity (Wildman–Crippen MR) is 125 cm³/mol. The lowest BCUT2D eigenvalue weighted by Gasteiger charge is -2.19. The Labute approximate surface area is 205 Å². The minimum absolute atomic E-state index is 0.00229. The first-order chi connectivity index (χ1) is 17.6. The number of nitrogens with zero attached hydrogens (tertiary/aromatic N) is 2. The minimum Gasteiger partial charge on any atom is -0.461 e. The Hall–Kier alpha value is -4.54. The number of pyridine rings is 1. The molecule has 2 aromatic heterocycles. The Morgan fingerprint density at radius 2 is 1.81 bits per heavy atom. The van der Waals surface area contributed by atoms with E-state index < -0.39 is 34.5 Å². The molecule has 0 saturated carbocycles. The average molecular weight is 513 g/mol. The molecule has 0 bridgehead atoms. The van der Waals surface area contributed by atoms with E-state index in [1.807, 2.05) is 0 Å². The summed E-state index contributed by atoms with van der Waals surface area (Å²) in [5.41, 5.74) is -1.74. The summed E-state index contributed by atoms with van der Waals surface area (Å²) in [4.78, 5) is 31.0. The third kappa shape index (κ3) is 4.67. The van der Waals surface area contributed by atoms with E-state index in [0.717, 1.165) is 18.2 Å². The van der Waals surface area contributed by atoms with Crippen molar-refractivity contribution in [2.24, 2.45) is 0 Å². The number of rotatable bonds is 4. The maximum absolute atomic E-state index is 14.6. The molecule has 0 amide bonds. The maximum Gasteiger partial charge on any atom is 0.419 e. The summed E-state index contributed by atoms with van der Waals surface area (Å²) in [5.74, 6) is -2.00. The summed E-state index contributed by atoms with van der Waals surface area (Å²) in [6.45, 7) is 0. The van der Waals surface area contributed by atoms with Crippen LogP contribution in [0.2, 0.25) is 0 Å². The molecule has 0 spiro atoms. The first-order valence-corrected chi connectivity index (χ1v) is 11.0. The number of alkyl halides is 3. The molecule has 37 heavy (non-hydrogen) atoms. The highest BCUT2D eigenvalue weighted by atomic mass is 19.4. The van der Waals surface area contributed by atoms with Crippen molar-refractivity contribution in [2.45, 2.75) is 19.0 Å². The van der Waals surface area contributed by atoms with Gasteiger partial charge in [0.1, 0.15) is 29.5 Å². The van der Waals surface area contributed by atoms with Crippen LogP contribution in [0.5, 0.6) is 5.75 Å². The van der Waals surface area contributed by atoms with Gasteiger partial charge in [-0.25, -0.2) is 8.78 Å². The monoisotopic (exact) mass is 513 g/mol. The first kappa shape index (κ1) is 24.2. The van der Waals surface area contributed by atoms with Crippen LogP contribution in [0.1, 0.15) is 12.8 Å². The molecule has 0 fully saturated rings. The number of aromatic amines is 1. The second kappa shape index (κ2) is 9.16. The molecule has 1 aliphatic rings. The Morgan fingerprint density at radius 1 is 1.00 bits per heavy atom. The van der Waals surface area contributed by atoms with Gasteiger partial charge < -0.3 is 9.72 Å². The number of H-pyrrole nitrogens is 1. The van der Waals surface area contributed by atoms with Crippen molar-refractivity contribution in [3.8, 4) is 22.7 Å². The third-order valence-corrected chi connectivity index (χ3v) is 5.77. The average Bonchev–Trinajstić information content (AvgIpc) is 2.85. The Kier molecular flexibility index (Phi) is 5.98. The summed E-state index contributed by atoms with van der Waals surface area (Å²) in [5, 5.41) is 0.0113. The zero-order chi connectivity index (χ0) is 26.3. The normalized spacial score (nSPS) is 13.9. The van der Waals surface area contributed by atoms with Gasteiger partial charge in [-0.2, -0.15) is 18.2 Å². The maximum atomic E-state index is 14.6. The van der Waals surface area contributed by atoms with Crippen LogP contribution >= 0.6 is 0 Å². The predicted octanol–water partition coefficient (Wildman–Crippen LogP) is 5.56. The lowest BCUT2D eigenvalue weighted by atomic mass is 10.0. The molecule has 0 saturated heterocycles. The SMILES string of the molecule is O=c1ccc(-n2cnc(=O)c3cc(OC4=C(C(F)(F)F)C=CCC4)ccc32)c(-c2ccc(F)cc2F)[nH]1. The molecular formula is C26H16F5N3O3. The fraction of sp³-hybridized carbons (Fsp3) is 0.115. The second-order valence-corrected chi connectivity index (χ2v) is 8.18. The van der Waals surface area contributed by atoms with Crippen LogP contribution in [-0.4, -0.2) is 20.7 Å². The van der Waals surface area contributed by atoms with E-state index >= 15 is 0 Å². The van der Waals surface area contributed by atoms with Crippen LogP contribution in [0.3, 0.4) is 0 Å². The Balaban J connectivity index is 1.65. The van der Waals surface area contributed by atoms with Crippen molar-refractivity contribution in [1.29, 1.82) is 0 Å². The number of halogens is 5. The van der Waals surface area contributed by atoms with Gasteiger partial charge in [-0.3, -0.25) is 14.2 Å². The van der Waals surface area contributed by atoms with Gasteiger partial charge in [-0.15, -0.1) is 0 Å². The topological polar surface area (TPSA) is 77.0 Å². The highest BCUT2D eigenvalue weighted by Crippen LogP contribution is 2.35. The van der Waals surface area contributed by atoms with E-state index in [1.165, 1.54) is 47.3 Å². The van der Waals surface area contributed by atoms with Gasteiger partial charge in [0.05, 0.1) is 27.9 Å². The van der Waals surface area contributed by atoms with Gasteiger partial charge >= 0.3 is 6.18 Å². The molecule has 0 atom stereocenters. The molecule has 6 nitrogen and oxygen atoms in total. The number of hydrogen-bond donors (Lipinski definition) is 1. The number of allylic oxidation sites excluding steroid dienone is 4. The van der Waals surface area contributed by atoms with Crippen molar-refractivity contribution in [3.05, 3.63) is 111 Å². The fourth-order valence-electron chi connectivity index (χ4n) is 4.10. The zero-order valence-electron chi connectivity index (χ0n) is 18.8. The van der Waals surface area contributed by atoms with E-state index in [4.69, 9.17) is 4.74 Å². The standard InChI is InChI=1S/C26H16F5N3O3/c27-14-5-7-16(19(28)11-14)24-21(9-10-23(35)33-24)34-13-32-25(36)17-12-15(6-8-20(17)34)37-22-4-2-1-3-18(22)26(29,30)31/h1,3,5-13H,2,4H2,(H,33,35). The van der Waals surface area contributed by atoms with Gasteiger partial charge in [0, 0.05) is 24.1 Å². The summed E-state index contributed by atoms with van der Waals surface area (Å²) >= 11 is 0. The van der Waals surface area contributed by atoms with Gasteiger partial charge in [0.15, 0.2) is 0 Å². The molecule has 0 radical (unpaired) electrons. The van der Waals surface area contributed by atoms with Crippen LogP contribution in [0.25, 0.3) is 27.8 Å². The summed E-state index contributed by atoms with van der Waals surface area (Å²) < 4.78 is 75.2. The minimum atomic E-state index is -4.60. The van der Waals surface area contributed by atoms with Crippen LogP contribution in [-0.2, 0) is 0 Å². The largest absolute Gasteiger partial charge is 0.461 e. The van der Waals surface area contributed by atoms with Crippen molar-refractivity contribution in [1.82, 2.24) is 14.5 Å². The molecule has 2 heterocycles. The van der Waals surface area contributed by atoms with Crippen molar-refractivity contribution in [3.63, 3.8) is 0 Å². The van der Waals surface area contributed by atoms with E-state index in [2.05, 4.69) is 9.97 Å². The Morgan fingerprint density at radius 3 is 2.57 bits per heavy atom. The van der Waals surface area contributed by atoms with Crippen molar-refractivity contribution >= 4 is 10.9 Å². The zero-order valence-corrected chi connectivity index (χ0v) is 18.8. The quantitative estimate of drug-likeness (QED) is 0.363. The number of aromatic nitrogens is 3. The molecule has 2 aromatic carbocycles. The third-order valence-electron chi connectivity index (χ3n) is 5.77. The molecule has 188 valence electrons. The van der Waals surface area contributed by atoms with E-state index in [0.29, 0.717) is 12.5 Å². The van der Waals surface area contributed by atoms with Gasteiger partial charge in [0.2, 0.25) is 5.56 Å². The molecular weight excluding hydrogens is 497 g/mol. The van der Waals surface area contributed by atoms with Gasteiger partial charge in [-0.1, -0.05) is 12.2 Å². The Bertz CT molecular complexity index is 1720. The molecule has 4 aromatic rings. The van der Waals surface area contributed by atoms with E-state index in [1.54, 1.807) is 0 Å². The van der Waals surface area contributed by atoms with Crippen LogP contribution in [0.4, 0.5) is 22.0 Å². The van der Waals surface area contributed by atoms with Crippen molar-refractivity contribution < 1.29 is 26.7 Å². The summed E-state index contributed by atoms with van der Waals surface area (Å²) in [6, 6.07) is 9.52. The van der Waals surface area contributed by atoms with Crippen molar-refractivity contribution in [2.75, 3.05) is 0 Å². The smallest absolute Gasteiger partial charge is 0.419 e. The number of hydrogen-bond acceptors (Lipinski definition) is 4. The van der Waals surface area contributed by atoms with E-state index in [-0.39, 0.29) is 45.8 Å². The first-order valence-electron chi connectivity index (χ1n) is 11.0. The summed E-state index contributed by atoms with van der Waals surface area (Å²) in [6.07, 6.45) is -0.671. The second-order valence-electron chi connectivity index (χ2n) is 8.18. The van der Waals surface area contributed by atoms with Crippen LogP contribution < -0.4 is 15.9 Å². The van der Waals surface area contributed by atoms with Crippen LogP contribution in [0.15, 0.2) is 87.9 Å². The molecule has 1 aliphatic carbocycles. The molecule has 11 heteroatoms. The number of benzene rings is 2. The molecule has 0 aliphatic heterocycles. The molecule has 0 unspecified atom stereocenters. The highest BCUT2D eigenvalue weighted by molar-refractivity contribution is 5.83. The van der Waals surface area contributed by atoms with E-state index in [9.17, 15) is 31.5 Å². The summed E-state index contributed by atoms with van der Waals surface area (Å²) in [7, 11) is 0. The number of ether oxygens (including phenoxy) is 1. The number of nitrogens with one attached hydrogen (secondary N) is 1. The lowest BCUT2D eigenvalue weighted by molar-refractivity contribution is -0.0910. The highest BCUT2D eigenvalue weighted by Gasteiger charge is 2.36. The number of fused-ring (bicyclic) bond motifs is 1. The van der Waals surface area contributed by atoms with Gasteiger partial charge in [-0.05, 0) is 42.8 Å². The van der Waals surface area contributed by atoms with Crippen LogP contribution in [0, 0.1) is 11.6 Å². The fourth-order valence-corrected chi connectivity index (χ4v) is 4.10. The molecule has 1 N–H and O–H groups in total.